The van der Waals surface area contributed by atoms with Gasteiger partial charge in [-0.25, -0.2) is 4.98 Å². The van der Waals surface area contributed by atoms with E-state index in [0.29, 0.717) is 24.5 Å². The number of ether oxygens (including phenoxy) is 1. The highest BCUT2D eigenvalue weighted by molar-refractivity contribution is 6.02. The third-order valence-corrected chi connectivity index (χ3v) is 2.74. The summed E-state index contributed by atoms with van der Waals surface area (Å²) < 4.78 is 7.34. The van der Waals surface area contributed by atoms with Crippen LogP contribution in [0, 0.1) is 0 Å². The Hall–Kier alpha value is -2.34. The lowest BCUT2D eigenvalue weighted by Crippen LogP contribution is -2.13. The van der Waals surface area contributed by atoms with Crippen LogP contribution in [0.3, 0.4) is 0 Å². The minimum Gasteiger partial charge on any atom is -0.491 e. The second-order valence-electron chi connectivity index (χ2n) is 4.93. The fourth-order valence-electron chi connectivity index (χ4n) is 1.83. The maximum Gasteiger partial charge on any atom is 0.275 e. The molecule has 0 saturated heterocycles. The highest BCUT2D eigenvalue weighted by atomic mass is 16.5. The van der Waals surface area contributed by atoms with Gasteiger partial charge >= 0.3 is 0 Å². The maximum atomic E-state index is 12.0. The first-order chi connectivity index (χ1) is 10.1. The van der Waals surface area contributed by atoms with E-state index in [1.165, 1.54) is 0 Å². The van der Waals surface area contributed by atoms with E-state index in [1.54, 1.807) is 29.2 Å². The second kappa shape index (κ2) is 6.90. The monoisotopic (exact) mass is 288 g/mol. The van der Waals surface area contributed by atoms with Crippen molar-refractivity contribution < 1.29 is 9.53 Å². The molecule has 1 heterocycles. The zero-order valence-corrected chi connectivity index (χ0v) is 12.2. The van der Waals surface area contributed by atoms with Crippen molar-refractivity contribution in [3.8, 4) is 5.75 Å². The molecule has 0 aliphatic heterocycles. The Morgan fingerprint density at radius 2 is 2.10 bits per heavy atom. The fraction of sp³-hybridized carbons (Fsp3) is 0.333. The normalized spacial score (nSPS) is 10.7. The predicted molar refractivity (Wildman–Crippen MR) is 81.4 cm³/mol. The van der Waals surface area contributed by atoms with Gasteiger partial charge in [0.1, 0.15) is 11.4 Å². The Morgan fingerprint density at radius 1 is 1.38 bits per heavy atom. The Kier molecular flexibility index (Phi) is 4.94. The van der Waals surface area contributed by atoms with E-state index in [-0.39, 0.29) is 12.0 Å². The number of hydrogen-bond acceptors (Lipinski definition) is 4. The number of anilines is 1. The van der Waals surface area contributed by atoms with Crippen molar-refractivity contribution in [3.05, 3.63) is 42.5 Å². The van der Waals surface area contributed by atoms with Crippen LogP contribution in [0.25, 0.3) is 0 Å². The first-order valence-corrected chi connectivity index (χ1v) is 6.88. The lowest BCUT2D eigenvalue weighted by molar-refractivity contribution is 0.102. The number of nitrogens with zero attached hydrogens (tertiary/aromatic N) is 2. The van der Waals surface area contributed by atoms with Gasteiger partial charge in [0.2, 0.25) is 0 Å². The third kappa shape index (κ3) is 4.32. The van der Waals surface area contributed by atoms with Crippen LogP contribution in [0.5, 0.6) is 5.75 Å². The van der Waals surface area contributed by atoms with Crippen LogP contribution in [-0.4, -0.2) is 28.1 Å². The summed E-state index contributed by atoms with van der Waals surface area (Å²) in [5.74, 6) is 0.526. The highest BCUT2D eigenvalue weighted by Crippen LogP contribution is 2.17. The summed E-state index contributed by atoms with van der Waals surface area (Å²) in [6, 6.07) is 7.24. The molecule has 21 heavy (non-hydrogen) atoms. The molecule has 1 amide bonds. The van der Waals surface area contributed by atoms with Crippen molar-refractivity contribution in [1.29, 1.82) is 0 Å². The molecule has 0 unspecified atom stereocenters. The Morgan fingerprint density at radius 3 is 2.71 bits per heavy atom. The zero-order chi connectivity index (χ0) is 15.2. The number of carbonyl (C=O) groups excluding carboxylic acids is 1. The summed E-state index contributed by atoms with van der Waals surface area (Å²) in [6.07, 6.45) is 3.40. The molecule has 1 aromatic carbocycles. The zero-order valence-electron chi connectivity index (χ0n) is 12.2. The van der Waals surface area contributed by atoms with Gasteiger partial charge in [0.05, 0.1) is 12.4 Å². The van der Waals surface area contributed by atoms with Crippen LogP contribution in [-0.2, 0) is 6.54 Å². The van der Waals surface area contributed by atoms with Crippen molar-refractivity contribution in [2.45, 2.75) is 26.5 Å². The number of nitrogens with two attached hydrogens (primary N) is 1. The summed E-state index contributed by atoms with van der Waals surface area (Å²) in [4.78, 5) is 16.1. The van der Waals surface area contributed by atoms with Crippen molar-refractivity contribution in [3.63, 3.8) is 0 Å². The molecule has 112 valence electrons. The second-order valence-corrected chi connectivity index (χ2v) is 4.93. The standard InChI is InChI=1S/C15H20N4O2/c1-11(2)21-13-5-3-12(4-6-13)18-15(20)14-9-19(8-7-16)10-17-14/h3-6,9-11H,7-8,16H2,1-2H3,(H,18,20). The van der Waals surface area contributed by atoms with E-state index >= 15 is 0 Å². The van der Waals surface area contributed by atoms with Crippen LogP contribution in [0.1, 0.15) is 24.3 Å². The van der Waals surface area contributed by atoms with Crippen molar-refractivity contribution >= 4 is 11.6 Å². The van der Waals surface area contributed by atoms with Gasteiger partial charge in [-0.1, -0.05) is 0 Å². The molecule has 3 N–H and O–H groups in total. The highest BCUT2D eigenvalue weighted by Gasteiger charge is 2.09. The number of carbonyl (C=O) groups is 1. The van der Waals surface area contributed by atoms with Crippen molar-refractivity contribution in [2.24, 2.45) is 5.73 Å². The van der Waals surface area contributed by atoms with Gasteiger partial charge in [0.25, 0.3) is 5.91 Å². The first kappa shape index (κ1) is 15.1. The van der Waals surface area contributed by atoms with E-state index in [4.69, 9.17) is 10.5 Å². The van der Waals surface area contributed by atoms with E-state index in [1.807, 2.05) is 26.0 Å². The summed E-state index contributed by atoms with van der Waals surface area (Å²) in [7, 11) is 0. The molecule has 0 bridgehead atoms. The van der Waals surface area contributed by atoms with Crippen LogP contribution >= 0.6 is 0 Å². The van der Waals surface area contributed by atoms with Gasteiger partial charge in [-0.05, 0) is 38.1 Å². The molecule has 0 aliphatic rings. The summed E-state index contributed by atoms with van der Waals surface area (Å²) in [5, 5.41) is 2.79. The van der Waals surface area contributed by atoms with E-state index in [9.17, 15) is 4.79 Å². The first-order valence-electron chi connectivity index (χ1n) is 6.88. The van der Waals surface area contributed by atoms with E-state index < -0.39 is 0 Å². The van der Waals surface area contributed by atoms with E-state index in [2.05, 4.69) is 10.3 Å². The lowest BCUT2D eigenvalue weighted by Gasteiger charge is -2.10. The largest absolute Gasteiger partial charge is 0.491 e. The van der Waals surface area contributed by atoms with Gasteiger partial charge in [-0.3, -0.25) is 4.79 Å². The average Bonchev–Trinajstić information content (AvgIpc) is 2.89. The number of aromatic nitrogens is 2. The summed E-state index contributed by atoms with van der Waals surface area (Å²) in [5.41, 5.74) is 6.52. The van der Waals surface area contributed by atoms with Gasteiger partial charge in [0.15, 0.2) is 0 Å². The number of benzene rings is 1. The van der Waals surface area contributed by atoms with Gasteiger partial charge < -0.3 is 20.4 Å². The number of hydrogen-bond donors (Lipinski definition) is 2. The molecular formula is C15H20N4O2. The minimum absolute atomic E-state index is 0.122. The summed E-state index contributed by atoms with van der Waals surface area (Å²) >= 11 is 0. The molecule has 0 radical (unpaired) electrons. The van der Waals surface area contributed by atoms with Crippen LogP contribution in [0.4, 0.5) is 5.69 Å². The topological polar surface area (TPSA) is 82.2 Å². The Balaban J connectivity index is 1.98. The quantitative estimate of drug-likeness (QED) is 0.850. The molecule has 0 atom stereocenters. The van der Waals surface area contributed by atoms with Gasteiger partial charge in [-0.15, -0.1) is 0 Å². The number of imidazole rings is 1. The van der Waals surface area contributed by atoms with Crippen LogP contribution in [0.2, 0.25) is 0 Å². The van der Waals surface area contributed by atoms with Crippen molar-refractivity contribution in [1.82, 2.24) is 9.55 Å². The van der Waals surface area contributed by atoms with Gasteiger partial charge in [-0.2, -0.15) is 0 Å². The number of nitrogens with one attached hydrogen (secondary N) is 1. The lowest BCUT2D eigenvalue weighted by atomic mass is 10.3. The Labute approximate surface area is 123 Å². The van der Waals surface area contributed by atoms with Gasteiger partial charge in [0, 0.05) is 25.0 Å². The molecule has 0 aliphatic carbocycles. The van der Waals surface area contributed by atoms with Crippen molar-refractivity contribution in [2.75, 3.05) is 11.9 Å². The molecular weight excluding hydrogens is 268 g/mol. The molecule has 2 aromatic rings. The number of rotatable bonds is 6. The molecule has 6 nitrogen and oxygen atoms in total. The van der Waals surface area contributed by atoms with Crippen LogP contribution < -0.4 is 15.8 Å². The maximum absolute atomic E-state index is 12.0. The molecule has 6 heteroatoms. The molecule has 0 spiro atoms. The van der Waals surface area contributed by atoms with E-state index in [0.717, 1.165) is 5.75 Å². The molecule has 0 fully saturated rings. The average molecular weight is 288 g/mol. The van der Waals surface area contributed by atoms with Crippen LogP contribution in [0.15, 0.2) is 36.8 Å². The molecule has 0 saturated carbocycles. The number of amides is 1. The minimum atomic E-state index is -0.247. The summed E-state index contributed by atoms with van der Waals surface area (Å²) in [6.45, 7) is 5.08. The predicted octanol–water partition coefficient (Wildman–Crippen LogP) is 1.88. The SMILES string of the molecule is CC(C)Oc1ccc(NC(=O)c2cn(CCN)cn2)cc1. The molecule has 2 rings (SSSR count). The molecule has 1 aromatic heterocycles. The third-order valence-electron chi connectivity index (χ3n) is 2.74. The smallest absolute Gasteiger partial charge is 0.275 e. The fourth-order valence-corrected chi connectivity index (χ4v) is 1.83. The Bertz CT molecular complexity index is 590.